The average Bonchev–Trinajstić information content (AvgIpc) is 2.65. The topological polar surface area (TPSA) is 71.1 Å². The van der Waals surface area contributed by atoms with E-state index in [0.29, 0.717) is 16.6 Å². The third-order valence-electron chi connectivity index (χ3n) is 4.07. The summed E-state index contributed by atoms with van der Waals surface area (Å²) in [5.41, 5.74) is 0.519. The molecule has 1 heterocycles. The summed E-state index contributed by atoms with van der Waals surface area (Å²) in [5, 5.41) is 3.60. The maximum atomic E-state index is 12.9. The molecule has 0 aliphatic heterocycles. The lowest BCUT2D eigenvalue weighted by atomic mass is 10.1. The lowest BCUT2D eigenvalue weighted by molar-refractivity contribution is -0.137. The molecule has 0 amide bonds. The maximum Gasteiger partial charge on any atom is 0.416 e. The second-order valence-electron chi connectivity index (χ2n) is 5.76. The van der Waals surface area contributed by atoms with Crippen LogP contribution in [0.3, 0.4) is 0 Å². The Balaban J connectivity index is 1.93. The van der Waals surface area contributed by atoms with Crippen molar-refractivity contribution in [3.63, 3.8) is 0 Å². The van der Waals surface area contributed by atoms with Gasteiger partial charge in [0.15, 0.2) is 0 Å². The zero-order valence-corrected chi connectivity index (χ0v) is 15.0. The van der Waals surface area contributed by atoms with Crippen LogP contribution in [-0.2, 0) is 22.7 Å². The Morgan fingerprint density at radius 3 is 2.52 bits per heavy atom. The van der Waals surface area contributed by atoms with E-state index in [2.05, 4.69) is 15.0 Å². The summed E-state index contributed by atoms with van der Waals surface area (Å²) in [6, 6.07) is 11.5. The van der Waals surface area contributed by atoms with Crippen LogP contribution in [0.4, 0.5) is 18.9 Å². The fraction of sp³-hybridized carbons (Fsp3) is 0.167. The first-order chi connectivity index (χ1) is 12.7. The summed E-state index contributed by atoms with van der Waals surface area (Å²) in [5.74, 6) is 0. The number of pyridine rings is 1. The highest BCUT2D eigenvalue weighted by atomic mass is 32.2. The molecule has 5 nitrogen and oxygen atoms in total. The predicted octanol–water partition coefficient (Wildman–Crippen LogP) is 3.77. The first-order valence-corrected chi connectivity index (χ1v) is 9.42. The minimum absolute atomic E-state index is 0.137. The number of hydrogen-bond acceptors (Lipinski definition) is 4. The molecule has 0 spiro atoms. The largest absolute Gasteiger partial charge is 0.416 e. The van der Waals surface area contributed by atoms with Crippen LogP contribution >= 0.6 is 0 Å². The highest BCUT2D eigenvalue weighted by Gasteiger charge is 2.30. The number of benzene rings is 2. The quantitative estimate of drug-likeness (QED) is 0.690. The molecule has 0 atom stereocenters. The number of anilines is 1. The van der Waals surface area contributed by atoms with Gasteiger partial charge in [0.05, 0.1) is 16.0 Å². The van der Waals surface area contributed by atoms with Crippen molar-refractivity contribution >= 4 is 26.6 Å². The van der Waals surface area contributed by atoms with Gasteiger partial charge < -0.3 is 5.32 Å². The fourth-order valence-electron chi connectivity index (χ4n) is 2.69. The molecule has 142 valence electrons. The van der Waals surface area contributed by atoms with Crippen molar-refractivity contribution in [2.75, 3.05) is 12.4 Å². The van der Waals surface area contributed by atoms with E-state index in [1.807, 2.05) is 0 Å². The molecule has 0 radical (unpaired) electrons. The van der Waals surface area contributed by atoms with Gasteiger partial charge in [-0.1, -0.05) is 24.3 Å². The lowest BCUT2D eigenvalue weighted by Crippen LogP contribution is -2.20. The number of fused-ring (bicyclic) bond motifs is 1. The normalized spacial score (nSPS) is 12.3. The van der Waals surface area contributed by atoms with Gasteiger partial charge in [-0.3, -0.25) is 4.98 Å². The summed E-state index contributed by atoms with van der Waals surface area (Å²) >= 11 is 0. The Labute approximate surface area is 154 Å². The number of sulfonamides is 1. The van der Waals surface area contributed by atoms with Gasteiger partial charge in [-0.05, 0) is 36.9 Å². The van der Waals surface area contributed by atoms with Gasteiger partial charge in [-0.15, -0.1) is 0 Å². The number of halogens is 3. The van der Waals surface area contributed by atoms with Crippen molar-refractivity contribution in [2.45, 2.75) is 17.6 Å². The fourth-order valence-corrected chi connectivity index (χ4v) is 3.65. The third-order valence-corrected chi connectivity index (χ3v) is 5.58. The number of nitrogens with one attached hydrogen (secondary N) is 2. The zero-order chi connectivity index (χ0) is 19.7. The molecule has 9 heteroatoms. The Kier molecular flexibility index (Phi) is 5.07. The number of hydrogen-bond donors (Lipinski definition) is 2. The first-order valence-electron chi connectivity index (χ1n) is 7.93. The molecule has 0 aliphatic carbocycles. The van der Waals surface area contributed by atoms with Crippen LogP contribution in [0, 0.1) is 0 Å². The SMILES string of the molecule is CNS(=O)(=O)c1ccccc1CNc1ccnc2cc(C(F)(F)F)ccc12. The van der Waals surface area contributed by atoms with E-state index in [1.54, 1.807) is 24.3 Å². The molecule has 0 fully saturated rings. The molecule has 0 aliphatic rings. The van der Waals surface area contributed by atoms with Gasteiger partial charge in [0.25, 0.3) is 0 Å². The summed E-state index contributed by atoms with van der Waals surface area (Å²) in [6.45, 7) is 0.178. The van der Waals surface area contributed by atoms with Gasteiger partial charge in [-0.25, -0.2) is 13.1 Å². The van der Waals surface area contributed by atoms with Gasteiger partial charge in [0.1, 0.15) is 0 Å². The van der Waals surface area contributed by atoms with E-state index in [1.165, 1.54) is 25.4 Å². The van der Waals surface area contributed by atoms with Crippen LogP contribution in [0.2, 0.25) is 0 Å². The maximum absolute atomic E-state index is 12.9. The molecule has 3 rings (SSSR count). The Morgan fingerprint density at radius 2 is 1.81 bits per heavy atom. The second kappa shape index (κ2) is 7.16. The smallest absolute Gasteiger partial charge is 0.380 e. The number of rotatable bonds is 5. The summed E-state index contributed by atoms with van der Waals surface area (Å²) in [7, 11) is -2.30. The minimum atomic E-state index is -4.44. The predicted molar refractivity (Wildman–Crippen MR) is 96.8 cm³/mol. The van der Waals surface area contributed by atoms with Crippen molar-refractivity contribution in [3.05, 3.63) is 65.9 Å². The molecule has 0 saturated heterocycles. The minimum Gasteiger partial charge on any atom is -0.380 e. The average molecular weight is 395 g/mol. The summed E-state index contributed by atoms with van der Waals surface area (Å²) in [4.78, 5) is 4.13. The molecular formula is C18H16F3N3O2S. The Morgan fingerprint density at radius 1 is 1.07 bits per heavy atom. The monoisotopic (exact) mass is 395 g/mol. The number of alkyl halides is 3. The van der Waals surface area contributed by atoms with Crippen LogP contribution in [0.5, 0.6) is 0 Å². The lowest BCUT2D eigenvalue weighted by Gasteiger charge is -2.14. The van der Waals surface area contributed by atoms with Crippen molar-refractivity contribution < 1.29 is 21.6 Å². The highest BCUT2D eigenvalue weighted by Crippen LogP contribution is 2.32. The van der Waals surface area contributed by atoms with Crippen molar-refractivity contribution in [3.8, 4) is 0 Å². The summed E-state index contributed by atoms with van der Waals surface area (Å²) in [6.07, 6.45) is -3.04. The molecular weight excluding hydrogens is 379 g/mol. The van der Waals surface area contributed by atoms with Crippen LogP contribution in [0.15, 0.2) is 59.6 Å². The zero-order valence-electron chi connectivity index (χ0n) is 14.2. The van der Waals surface area contributed by atoms with Gasteiger partial charge in [0, 0.05) is 23.8 Å². The molecule has 27 heavy (non-hydrogen) atoms. The second-order valence-corrected chi connectivity index (χ2v) is 7.61. The van der Waals surface area contributed by atoms with E-state index >= 15 is 0 Å². The van der Waals surface area contributed by atoms with Crippen LogP contribution < -0.4 is 10.0 Å². The van der Waals surface area contributed by atoms with E-state index in [-0.39, 0.29) is 17.0 Å². The Hall–Kier alpha value is -2.65. The molecule has 0 saturated carbocycles. The van der Waals surface area contributed by atoms with Gasteiger partial charge >= 0.3 is 6.18 Å². The number of nitrogens with zero attached hydrogens (tertiary/aromatic N) is 1. The van der Waals surface area contributed by atoms with Gasteiger partial charge in [-0.2, -0.15) is 13.2 Å². The standard InChI is InChI=1S/C18H16F3N3O2S/c1-22-27(25,26)17-5-3-2-4-12(17)11-24-15-8-9-23-16-10-13(18(19,20)21)6-7-14(15)16/h2-10,22H,11H2,1H3,(H,23,24). The third kappa shape index (κ3) is 4.04. The molecule has 3 aromatic rings. The number of aromatic nitrogens is 1. The summed E-state index contributed by atoms with van der Waals surface area (Å²) < 4.78 is 65.1. The van der Waals surface area contributed by atoms with E-state index in [0.717, 1.165) is 12.1 Å². The molecule has 2 aromatic carbocycles. The van der Waals surface area contributed by atoms with Gasteiger partial charge in [0.2, 0.25) is 10.0 Å². The van der Waals surface area contributed by atoms with Crippen molar-refractivity contribution in [1.82, 2.24) is 9.71 Å². The van der Waals surface area contributed by atoms with Crippen LogP contribution in [-0.4, -0.2) is 20.4 Å². The Bertz CT molecular complexity index is 1080. The molecule has 0 bridgehead atoms. The van der Waals surface area contributed by atoms with E-state index < -0.39 is 21.8 Å². The van der Waals surface area contributed by atoms with E-state index in [4.69, 9.17) is 0 Å². The van der Waals surface area contributed by atoms with Crippen LogP contribution in [0.25, 0.3) is 10.9 Å². The highest BCUT2D eigenvalue weighted by molar-refractivity contribution is 7.89. The molecule has 2 N–H and O–H groups in total. The van der Waals surface area contributed by atoms with Crippen LogP contribution in [0.1, 0.15) is 11.1 Å². The first kappa shape index (κ1) is 19.1. The van der Waals surface area contributed by atoms with Crippen molar-refractivity contribution in [2.24, 2.45) is 0 Å². The van der Waals surface area contributed by atoms with Crippen molar-refractivity contribution in [1.29, 1.82) is 0 Å². The molecule has 1 aromatic heterocycles. The van der Waals surface area contributed by atoms with E-state index in [9.17, 15) is 21.6 Å². The molecule has 0 unspecified atom stereocenters.